The zero-order valence-electron chi connectivity index (χ0n) is 15.0. The Labute approximate surface area is 179 Å². The number of hydrogen-bond acceptors (Lipinski definition) is 3. The van der Waals surface area contributed by atoms with Crippen molar-refractivity contribution in [3.05, 3.63) is 94.5 Å². The van der Waals surface area contributed by atoms with Gasteiger partial charge < -0.3 is 5.32 Å². The van der Waals surface area contributed by atoms with E-state index < -0.39 is 10.0 Å². The quantitative estimate of drug-likeness (QED) is 0.494. The van der Waals surface area contributed by atoms with Gasteiger partial charge in [0.2, 0.25) is 5.91 Å². The molecule has 3 aromatic rings. The standard InChI is InChI=1S/C21H16Cl2N2O3S/c22-16-7-12-20(19(23)14-16)25-29(27,28)18-10-8-17(9-11-18)24-21(26)13-6-15-4-2-1-3-5-15/h1-14,25H,(H,24,26)/b13-6+. The minimum atomic E-state index is -3.84. The molecule has 0 bridgehead atoms. The maximum atomic E-state index is 12.5. The van der Waals surface area contributed by atoms with E-state index in [-0.39, 0.29) is 21.5 Å². The number of hydrogen-bond donors (Lipinski definition) is 2. The number of benzene rings is 3. The average Bonchev–Trinajstić information content (AvgIpc) is 2.70. The molecule has 148 valence electrons. The van der Waals surface area contributed by atoms with Crippen LogP contribution in [0.3, 0.4) is 0 Å². The van der Waals surface area contributed by atoms with Gasteiger partial charge in [0.05, 0.1) is 15.6 Å². The van der Waals surface area contributed by atoms with Crippen molar-refractivity contribution in [1.82, 2.24) is 0 Å². The summed E-state index contributed by atoms with van der Waals surface area (Å²) in [5.41, 5.74) is 1.59. The van der Waals surface area contributed by atoms with Crippen molar-refractivity contribution in [1.29, 1.82) is 0 Å². The first-order chi connectivity index (χ1) is 13.8. The minimum absolute atomic E-state index is 0.0290. The van der Waals surface area contributed by atoms with Crippen molar-refractivity contribution in [3.63, 3.8) is 0 Å². The van der Waals surface area contributed by atoms with Crippen molar-refractivity contribution >= 4 is 56.6 Å². The number of carbonyl (C=O) groups excluding carboxylic acids is 1. The largest absolute Gasteiger partial charge is 0.323 e. The van der Waals surface area contributed by atoms with Crippen LogP contribution in [-0.2, 0) is 14.8 Å². The fraction of sp³-hybridized carbons (Fsp3) is 0. The molecular weight excluding hydrogens is 431 g/mol. The molecule has 3 rings (SSSR count). The highest BCUT2D eigenvalue weighted by atomic mass is 35.5. The molecule has 0 aliphatic rings. The zero-order chi connectivity index (χ0) is 20.9. The summed E-state index contributed by atoms with van der Waals surface area (Å²) in [4.78, 5) is 12.0. The van der Waals surface area contributed by atoms with Crippen LogP contribution < -0.4 is 10.0 Å². The summed E-state index contributed by atoms with van der Waals surface area (Å²) in [6, 6.07) is 19.7. The van der Waals surface area contributed by atoms with Gasteiger partial charge in [-0.3, -0.25) is 9.52 Å². The first-order valence-electron chi connectivity index (χ1n) is 8.45. The molecule has 5 nitrogen and oxygen atoms in total. The van der Waals surface area contributed by atoms with Crippen LogP contribution in [0.2, 0.25) is 10.0 Å². The fourth-order valence-corrected chi connectivity index (χ4v) is 4.00. The molecule has 0 radical (unpaired) electrons. The van der Waals surface area contributed by atoms with E-state index in [0.29, 0.717) is 10.7 Å². The lowest BCUT2D eigenvalue weighted by Crippen LogP contribution is -2.13. The summed E-state index contributed by atoms with van der Waals surface area (Å²) in [6.45, 7) is 0. The number of sulfonamides is 1. The Balaban J connectivity index is 1.67. The Morgan fingerprint density at radius 2 is 1.59 bits per heavy atom. The molecule has 0 atom stereocenters. The molecule has 3 aromatic carbocycles. The second-order valence-electron chi connectivity index (χ2n) is 5.99. The molecule has 0 fully saturated rings. The highest BCUT2D eigenvalue weighted by Crippen LogP contribution is 2.27. The number of halogens is 2. The van der Waals surface area contributed by atoms with Crippen molar-refractivity contribution in [2.24, 2.45) is 0 Å². The van der Waals surface area contributed by atoms with Crippen LogP contribution in [0, 0.1) is 0 Å². The zero-order valence-corrected chi connectivity index (χ0v) is 17.3. The van der Waals surface area contributed by atoms with Crippen molar-refractivity contribution in [2.45, 2.75) is 4.90 Å². The third kappa shape index (κ3) is 5.84. The molecule has 2 N–H and O–H groups in total. The van der Waals surface area contributed by atoms with Gasteiger partial charge in [-0.25, -0.2) is 8.42 Å². The second kappa shape index (κ2) is 9.13. The minimum Gasteiger partial charge on any atom is -0.323 e. The number of carbonyl (C=O) groups is 1. The second-order valence-corrected chi connectivity index (χ2v) is 8.51. The first-order valence-corrected chi connectivity index (χ1v) is 10.7. The van der Waals surface area contributed by atoms with Crippen molar-refractivity contribution in [3.8, 4) is 0 Å². The van der Waals surface area contributed by atoms with Crippen LogP contribution in [0.1, 0.15) is 5.56 Å². The summed E-state index contributed by atoms with van der Waals surface area (Å²) in [5.74, 6) is -0.324. The van der Waals surface area contributed by atoms with Gasteiger partial charge in [-0.1, -0.05) is 53.5 Å². The van der Waals surface area contributed by atoms with Gasteiger partial charge in [0, 0.05) is 16.8 Å². The smallest absolute Gasteiger partial charge is 0.261 e. The number of rotatable bonds is 6. The van der Waals surface area contributed by atoms with E-state index in [2.05, 4.69) is 10.0 Å². The monoisotopic (exact) mass is 446 g/mol. The van der Waals surface area contributed by atoms with E-state index in [0.717, 1.165) is 5.56 Å². The van der Waals surface area contributed by atoms with E-state index in [9.17, 15) is 13.2 Å². The first kappa shape index (κ1) is 20.9. The molecule has 1 amide bonds. The van der Waals surface area contributed by atoms with Gasteiger partial charge in [-0.05, 0) is 54.1 Å². The molecule has 0 aliphatic heterocycles. The molecule has 8 heteroatoms. The highest BCUT2D eigenvalue weighted by Gasteiger charge is 2.16. The van der Waals surface area contributed by atoms with Gasteiger partial charge in [0.25, 0.3) is 10.0 Å². The normalized spacial score (nSPS) is 11.4. The Morgan fingerprint density at radius 1 is 0.897 bits per heavy atom. The molecule has 0 unspecified atom stereocenters. The molecule has 29 heavy (non-hydrogen) atoms. The van der Waals surface area contributed by atoms with E-state index >= 15 is 0 Å². The van der Waals surface area contributed by atoms with Crippen LogP contribution in [0.4, 0.5) is 11.4 Å². The van der Waals surface area contributed by atoms with Gasteiger partial charge in [0.1, 0.15) is 0 Å². The Morgan fingerprint density at radius 3 is 2.24 bits per heavy atom. The molecule has 0 saturated carbocycles. The molecular formula is C21H16Cl2N2O3S. The summed E-state index contributed by atoms with van der Waals surface area (Å²) in [6.07, 6.45) is 3.10. The van der Waals surface area contributed by atoms with Crippen LogP contribution in [0.5, 0.6) is 0 Å². The van der Waals surface area contributed by atoms with E-state index in [1.165, 1.54) is 48.5 Å². The van der Waals surface area contributed by atoms with Crippen LogP contribution in [-0.4, -0.2) is 14.3 Å². The summed E-state index contributed by atoms with van der Waals surface area (Å²) in [5, 5.41) is 3.27. The third-order valence-corrected chi connectivity index (χ3v) is 5.76. The maximum Gasteiger partial charge on any atom is 0.261 e. The van der Waals surface area contributed by atoms with E-state index in [1.54, 1.807) is 6.08 Å². The van der Waals surface area contributed by atoms with Gasteiger partial charge in [-0.15, -0.1) is 0 Å². The fourth-order valence-electron chi connectivity index (χ4n) is 2.41. The van der Waals surface area contributed by atoms with Gasteiger partial charge in [0.15, 0.2) is 0 Å². The van der Waals surface area contributed by atoms with Crippen LogP contribution in [0.15, 0.2) is 83.8 Å². The average molecular weight is 447 g/mol. The lowest BCUT2D eigenvalue weighted by atomic mass is 10.2. The molecule has 0 aliphatic carbocycles. The molecule has 0 aromatic heterocycles. The van der Waals surface area contributed by atoms with Crippen LogP contribution in [0.25, 0.3) is 6.08 Å². The predicted octanol–water partition coefficient (Wildman–Crippen LogP) is 5.45. The summed E-state index contributed by atoms with van der Waals surface area (Å²) >= 11 is 11.8. The van der Waals surface area contributed by atoms with E-state index in [4.69, 9.17) is 23.2 Å². The lowest BCUT2D eigenvalue weighted by molar-refractivity contribution is -0.111. The Kier molecular flexibility index (Phi) is 6.59. The number of anilines is 2. The topological polar surface area (TPSA) is 75.3 Å². The Hall–Kier alpha value is -2.80. The van der Waals surface area contributed by atoms with Crippen molar-refractivity contribution < 1.29 is 13.2 Å². The maximum absolute atomic E-state index is 12.5. The highest BCUT2D eigenvalue weighted by molar-refractivity contribution is 7.92. The third-order valence-electron chi connectivity index (χ3n) is 3.83. The van der Waals surface area contributed by atoms with Gasteiger partial charge in [-0.2, -0.15) is 0 Å². The molecule has 0 heterocycles. The van der Waals surface area contributed by atoms with Crippen molar-refractivity contribution in [2.75, 3.05) is 10.0 Å². The van der Waals surface area contributed by atoms with Crippen LogP contribution >= 0.6 is 23.2 Å². The number of amides is 1. The number of nitrogens with one attached hydrogen (secondary N) is 2. The predicted molar refractivity (Wildman–Crippen MR) is 118 cm³/mol. The van der Waals surface area contributed by atoms with Gasteiger partial charge >= 0.3 is 0 Å². The molecule has 0 spiro atoms. The SMILES string of the molecule is O=C(/C=C/c1ccccc1)Nc1ccc(S(=O)(=O)Nc2ccc(Cl)cc2Cl)cc1. The Bertz CT molecular complexity index is 1150. The molecule has 0 saturated heterocycles. The van der Waals surface area contributed by atoms with E-state index in [1.807, 2.05) is 30.3 Å². The lowest BCUT2D eigenvalue weighted by Gasteiger charge is -2.10. The summed E-state index contributed by atoms with van der Waals surface area (Å²) < 4.78 is 27.5. The summed E-state index contributed by atoms with van der Waals surface area (Å²) in [7, 11) is -3.84.